The fraction of sp³-hybridized carbons (Fsp3) is 0.438. The molecule has 0 aromatic carbocycles. The lowest BCUT2D eigenvalue weighted by Crippen LogP contribution is -2.33. The highest BCUT2D eigenvalue weighted by atomic mass is 31.2. The first-order valence-electron chi connectivity index (χ1n) is 8.80. The third-order valence-corrected chi connectivity index (χ3v) is 5.34. The van der Waals surface area contributed by atoms with Crippen LogP contribution in [0, 0.1) is 13.8 Å². The van der Waals surface area contributed by atoms with Gasteiger partial charge in [0.15, 0.2) is 5.75 Å². The Morgan fingerprint density at radius 2 is 2.27 bits per heavy atom. The third-order valence-electron chi connectivity index (χ3n) is 4.43. The Balaban J connectivity index is 1.73. The molecule has 1 fully saturated rings. The molecule has 14 heteroatoms. The van der Waals surface area contributed by atoms with E-state index in [-0.39, 0.29) is 12.2 Å². The van der Waals surface area contributed by atoms with Crippen molar-refractivity contribution in [2.75, 3.05) is 6.61 Å². The van der Waals surface area contributed by atoms with Gasteiger partial charge in [0.1, 0.15) is 6.23 Å². The van der Waals surface area contributed by atoms with Crippen LogP contribution in [0.5, 0.6) is 5.75 Å². The van der Waals surface area contributed by atoms with E-state index >= 15 is 0 Å². The lowest BCUT2D eigenvalue weighted by molar-refractivity contribution is -0.0264. The zero-order valence-electron chi connectivity index (χ0n) is 16.0. The van der Waals surface area contributed by atoms with Gasteiger partial charge in [-0.05, 0) is 31.5 Å². The van der Waals surface area contributed by atoms with E-state index in [1.807, 2.05) is 0 Å². The number of aryl methyl sites for hydroxylation is 2. The zero-order chi connectivity index (χ0) is 21.9. The molecule has 30 heavy (non-hydrogen) atoms. The maximum atomic E-state index is 12.3. The molecule has 0 saturated carbocycles. The minimum absolute atomic E-state index is 0.0791. The molecule has 2 aromatic heterocycles. The zero-order valence-corrected chi connectivity index (χ0v) is 16.9. The van der Waals surface area contributed by atoms with Crippen molar-refractivity contribution in [1.82, 2.24) is 14.5 Å². The molecule has 0 spiro atoms. The van der Waals surface area contributed by atoms with Gasteiger partial charge in [-0.1, -0.05) is 5.11 Å². The van der Waals surface area contributed by atoms with Gasteiger partial charge in [0.05, 0.1) is 24.4 Å². The first kappa shape index (κ1) is 21.8. The summed E-state index contributed by atoms with van der Waals surface area (Å²) in [6.07, 6.45) is 1.14. The van der Waals surface area contributed by atoms with E-state index < -0.39 is 44.1 Å². The summed E-state index contributed by atoms with van der Waals surface area (Å²) in [4.78, 5) is 42.5. The van der Waals surface area contributed by atoms with Crippen LogP contribution in [0.1, 0.15) is 23.9 Å². The largest absolute Gasteiger partial charge is 0.527 e. The van der Waals surface area contributed by atoms with E-state index in [9.17, 15) is 19.0 Å². The summed E-state index contributed by atoms with van der Waals surface area (Å²) in [7, 11) is -4.53. The number of nitrogens with one attached hydrogen (secondary N) is 1. The van der Waals surface area contributed by atoms with Crippen LogP contribution in [-0.2, 0) is 13.8 Å². The normalized spacial score (nSPS) is 22.8. The van der Waals surface area contributed by atoms with Crippen molar-refractivity contribution in [2.45, 2.75) is 38.6 Å². The number of phosphoric acid groups is 1. The van der Waals surface area contributed by atoms with Gasteiger partial charge < -0.3 is 9.26 Å². The van der Waals surface area contributed by atoms with E-state index in [1.165, 1.54) is 31.5 Å². The van der Waals surface area contributed by atoms with Gasteiger partial charge in [-0.15, -0.1) is 0 Å². The number of nitrogens with zero attached hydrogens (tertiary/aromatic N) is 5. The number of phosphoric ester groups is 1. The summed E-state index contributed by atoms with van der Waals surface area (Å²) in [6.45, 7) is 2.68. The smallest absolute Gasteiger partial charge is 0.402 e. The molecule has 4 atom stereocenters. The van der Waals surface area contributed by atoms with Gasteiger partial charge >= 0.3 is 13.5 Å². The average Bonchev–Trinajstić information content (AvgIpc) is 3.08. The maximum Gasteiger partial charge on any atom is 0.527 e. The number of aromatic nitrogens is 3. The Labute approximate surface area is 169 Å². The van der Waals surface area contributed by atoms with Crippen LogP contribution in [0.2, 0.25) is 0 Å². The van der Waals surface area contributed by atoms with E-state index in [4.69, 9.17) is 19.3 Å². The van der Waals surface area contributed by atoms with Crippen molar-refractivity contribution in [3.05, 3.63) is 67.1 Å². The minimum atomic E-state index is -4.53. The van der Waals surface area contributed by atoms with Gasteiger partial charge in [-0.25, -0.2) is 9.36 Å². The molecule has 0 amide bonds. The molecule has 0 aliphatic carbocycles. The summed E-state index contributed by atoms with van der Waals surface area (Å²) in [5.74, 6) is 0.0791. The van der Waals surface area contributed by atoms with Crippen LogP contribution in [0.15, 0.2) is 39.2 Å². The van der Waals surface area contributed by atoms with E-state index in [1.54, 1.807) is 6.92 Å². The molecule has 3 heterocycles. The first-order chi connectivity index (χ1) is 14.2. The Kier molecular flexibility index (Phi) is 6.40. The van der Waals surface area contributed by atoms with Crippen molar-refractivity contribution in [1.29, 1.82) is 0 Å². The van der Waals surface area contributed by atoms with Crippen molar-refractivity contribution < 1.29 is 23.2 Å². The number of hydrogen-bond donors (Lipinski definition) is 2. The lowest BCUT2D eigenvalue weighted by Gasteiger charge is -2.19. The highest BCUT2D eigenvalue weighted by Crippen LogP contribution is 2.45. The van der Waals surface area contributed by atoms with Crippen LogP contribution in [0.3, 0.4) is 0 Å². The fourth-order valence-electron chi connectivity index (χ4n) is 2.91. The molecule has 1 saturated heterocycles. The molecule has 1 aliphatic heterocycles. The number of H-pyrrole nitrogens is 1. The average molecular weight is 438 g/mol. The second-order valence-electron chi connectivity index (χ2n) is 6.56. The predicted molar refractivity (Wildman–Crippen MR) is 103 cm³/mol. The summed E-state index contributed by atoms with van der Waals surface area (Å²) >= 11 is 0. The predicted octanol–water partition coefficient (Wildman–Crippen LogP) is 1.71. The number of rotatable bonds is 7. The molecule has 160 valence electrons. The van der Waals surface area contributed by atoms with Crippen molar-refractivity contribution in [3.8, 4) is 5.75 Å². The van der Waals surface area contributed by atoms with Crippen LogP contribution in [-0.4, -0.2) is 38.2 Å². The van der Waals surface area contributed by atoms with E-state index in [0.29, 0.717) is 11.3 Å². The Bertz CT molecular complexity index is 1140. The highest BCUT2D eigenvalue weighted by molar-refractivity contribution is 7.47. The molecule has 13 nitrogen and oxygen atoms in total. The van der Waals surface area contributed by atoms with Crippen molar-refractivity contribution in [2.24, 2.45) is 5.11 Å². The number of azide groups is 1. The van der Waals surface area contributed by atoms with E-state index in [0.717, 1.165) is 4.57 Å². The summed E-state index contributed by atoms with van der Waals surface area (Å²) in [5.41, 5.74) is 8.27. The third kappa shape index (κ3) is 4.96. The highest BCUT2D eigenvalue weighted by Gasteiger charge is 2.38. The van der Waals surface area contributed by atoms with E-state index in [2.05, 4.69) is 20.0 Å². The summed E-state index contributed by atoms with van der Waals surface area (Å²) < 4.78 is 29.2. The van der Waals surface area contributed by atoms with Crippen LogP contribution in [0.4, 0.5) is 0 Å². The van der Waals surface area contributed by atoms with Gasteiger partial charge in [0.2, 0.25) is 0 Å². The molecule has 0 radical (unpaired) electrons. The Morgan fingerprint density at radius 1 is 1.50 bits per heavy atom. The van der Waals surface area contributed by atoms with Crippen molar-refractivity contribution >= 4 is 7.82 Å². The van der Waals surface area contributed by atoms with Crippen LogP contribution in [0.25, 0.3) is 10.4 Å². The fourth-order valence-corrected chi connectivity index (χ4v) is 3.74. The first-order valence-corrected chi connectivity index (χ1v) is 10.3. The van der Waals surface area contributed by atoms with Gasteiger partial charge in [0.25, 0.3) is 5.56 Å². The molecule has 2 unspecified atom stereocenters. The standard InChI is InChI=1S/C16H19N6O7P/c1-9-7-22(16(24)19-15(9)23)14-6-11(20-21-17)13(28-14)8-27-30(25,26)29-12-4-3-5-18-10(12)2/h3-5,7,11,13-14H,6,8H2,1-2H3,(H,25,26)(H,19,23,24)/t11?,13-,14-/m1/s1. The lowest BCUT2D eigenvalue weighted by atomic mass is 10.1. The molecule has 3 rings (SSSR count). The van der Waals surface area contributed by atoms with Crippen LogP contribution >= 0.6 is 7.82 Å². The second-order valence-corrected chi connectivity index (χ2v) is 7.94. The number of pyridine rings is 1. The molecular weight excluding hydrogens is 419 g/mol. The minimum Gasteiger partial charge on any atom is -0.402 e. The Hall–Kier alpha value is -2.95. The van der Waals surface area contributed by atoms with Crippen molar-refractivity contribution in [3.63, 3.8) is 0 Å². The quantitative estimate of drug-likeness (QED) is 0.283. The van der Waals surface area contributed by atoms with Gasteiger partial charge in [-0.3, -0.25) is 28.7 Å². The maximum absolute atomic E-state index is 12.3. The summed E-state index contributed by atoms with van der Waals surface area (Å²) in [5, 5.41) is 3.62. The van der Waals surface area contributed by atoms with Crippen LogP contribution < -0.4 is 15.8 Å². The summed E-state index contributed by atoms with van der Waals surface area (Å²) in [6, 6.07) is 2.22. The SMILES string of the molecule is Cc1ncccc1OP(=O)(O)OC[C@H]1O[C@@H](n2cc(C)c(=O)[nH]c2=O)CC1N=[N+]=[N-]. The topological polar surface area (TPSA) is 181 Å². The molecule has 2 N–H and O–H groups in total. The Morgan fingerprint density at radius 3 is 2.97 bits per heavy atom. The van der Waals surface area contributed by atoms with Gasteiger partial charge in [0, 0.05) is 29.3 Å². The number of ether oxygens (including phenoxy) is 1. The molecule has 1 aliphatic rings. The monoisotopic (exact) mass is 438 g/mol. The molecule has 2 aromatic rings. The number of hydrogen-bond acceptors (Lipinski definition) is 8. The second kappa shape index (κ2) is 8.82. The molecular formula is C16H19N6O7P. The molecule has 0 bridgehead atoms. The number of aromatic amines is 1. The van der Waals surface area contributed by atoms with Gasteiger partial charge in [-0.2, -0.15) is 0 Å².